The number of anilines is 1. The van der Waals surface area contributed by atoms with Gasteiger partial charge in [0.2, 0.25) is 0 Å². The van der Waals surface area contributed by atoms with Crippen LogP contribution >= 0.6 is 11.6 Å². The van der Waals surface area contributed by atoms with Crippen LogP contribution in [0.4, 0.5) is 5.69 Å². The highest BCUT2D eigenvalue weighted by Crippen LogP contribution is 2.20. The lowest BCUT2D eigenvalue weighted by Crippen LogP contribution is -2.42. The van der Waals surface area contributed by atoms with Gasteiger partial charge in [0.25, 0.3) is 0 Å². The Balaban J connectivity index is 2.23. The normalized spacial score (nSPS) is 16.5. The van der Waals surface area contributed by atoms with E-state index < -0.39 is 11.9 Å². The molecule has 0 saturated carbocycles. The lowest BCUT2D eigenvalue weighted by atomic mass is 10.2. The maximum absolute atomic E-state index is 11.0. The van der Waals surface area contributed by atoms with Crippen LogP contribution in [0.1, 0.15) is 0 Å². The van der Waals surface area contributed by atoms with Crippen LogP contribution < -0.4 is 4.90 Å². The maximum atomic E-state index is 11.0. The number of carbonyl (C=O) groups excluding carboxylic acids is 2. The molecule has 15 heavy (non-hydrogen) atoms. The summed E-state index contributed by atoms with van der Waals surface area (Å²) in [5.41, 5.74) is 0.743. The van der Waals surface area contributed by atoms with Crippen molar-refractivity contribution in [2.75, 3.05) is 18.0 Å². The molecule has 0 bridgehead atoms. The number of rotatable bonds is 1. The molecule has 1 saturated heterocycles. The van der Waals surface area contributed by atoms with E-state index in [1.165, 1.54) is 0 Å². The molecule has 78 valence electrons. The second-order valence-corrected chi connectivity index (χ2v) is 3.62. The predicted octanol–water partition coefficient (Wildman–Crippen LogP) is 1.23. The van der Waals surface area contributed by atoms with Gasteiger partial charge in [-0.25, -0.2) is 9.59 Å². The molecule has 1 aliphatic rings. The quantitative estimate of drug-likeness (QED) is 0.533. The molecule has 1 aromatic carbocycles. The third-order valence-electron chi connectivity index (χ3n) is 2.04. The van der Waals surface area contributed by atoms with E-state index in [1.54, 1.807) is 29.2 Å². The summed E-state index contributed by atoms with van der Waals surface area (Å²) in [5.74, 6) is -1.07. The van der Waals surface area contributed by atoms with Gasteiger partial charge in [0.15, 0.2) is 0 Å². The Morgan fingerprint density at radius 1 is 1.20 bits per heavy atom. The third-order valence-corrected chi connectivity index (χ3v) is 2.28. The fourth-order valence-corrected chi connectivity index (χ4v) is 1.60. The minimum Gasteiger partial charge on any atom is -0.390 e. The smallest absolute Gasteiger partial charge is 0.333 e. The summed E-state index contributed by atoms with van der Waals surface area (Å²) in [6, 6.07) is 6.99. The predicted molar refractivity (Wildman–Crippen MR) is 54.8 cm³/mol. The average molecular weight is 226 g/mol. The number of morpholine rings is 1. The first-order chi connectivity index (χ1) is 7.15. The molecular weight excluding hydrogens is 218 g/mol. The summed E-state index contributed by atoms with van der Waals surface area (Å²) in [4.78, 5) is 23.7. The Labute approximate surface area is 91.4 Å². The van der Waals surface area contributed by atoms with Crippen molar-refractivity contribution in [3.63, 3.8) is 0 Å². The number of benzene rings is 1. The molecule has 1 aliphatic heterocycles. The molecule has 0 spiro atoms. The summed E-state index contributed by atoms with van der Waals surface area (Å²) < 4.78 is 4.42. The van der Waals surface area contributed by atoms with E-state index in [-0.39, 0.29) is 13.1 Å². The number of cyclic esters (lactones) is 2. The van der Waals surface area contributed by atoms with Crippen LogP contribution in [0.15, 0.2) is 24.3 Å². The zero-order chi connectivity index (χ0) is 10.8. The Morgan fingerprint density at radius 2 is 1.87 bits per heavy atom. The Hall–Kier alpha value is -1.55. The second kappa shape index (κ2) is 3.90. The van der Waals surface area contributed by atoms with E-state index in [4.69, 9.17) is 11.6 Å². The van der Waals surface area contributed by atoms with Crippen LogP contribution in [-0.2, 0) is 14.3 Å². The molecule has 4 nitrogen and oxygen atoms in total. The molecule has 2 rings (SSSR count). The molecule has 0 amide bonds. The van der Waals surface area contributed by atoms with Crippen molar-refractivity contribution in [1.82, 2.24) is 0 Å². The molecule has 5 heteroatoms. The Morgan fingerprint density at radius 3 is 2.47 bits per heavy atom. The van der Waals surface area contributed by atoms with E-state index >= 15 is 0 Å². The number of ether oxygens (including phenoxy) is 1. The molecule has 1 heterocycles. The van der Waals surface area contributed by atoms with Crippen LogP contribution in [0.3, 0.4) is 0 Å². The maximum Gasteiger partial charge on any atom is 0.333 e. The van der Waals surface area contributed by atoms with Crippen molar-refractivity contribution < 1.29 is 14.3 Å². The van der Waals surface area contributed by atoms with Crippen molar-refractivity contribution in [3.8, 4) is 0 Å². The minimum atomic E-state index is -0.536. The zero-order valence-electron chi connectivity index (χ0n) is 7.77. The van der Waals surface area contributed by atoms with E-state index in [1.807, 2.05) is 0 Å². The molecular formula is C10H8ClNO3. The molecule has 0 aliphatic carbocycles. The van der Waals surface area contributed by atoms with Gasteiger partial charge in [-0.2, -0.15) is 0 Å². The molecule has 0 aromatic heterocycles. The van der Waals surface area contributed by atoms with E-state index in [0.29, 0.717) is 5.02 Å². The van der Waals surface area contributed by atoms with Crippen molar-refractivity contribution in [2.45, 2.75) is 0 Å². The summed E-state index contributed by atoms with van der Waals surface area (Å²) in [7, 11) is 0. The van der Waals surface area contributed by atoms with Crippen molar-refractivity contribution in [2.24, 2.45) is 0 Å². The molecule has 0 unspecified atom stereocenters. The highest BCUT2D eigenvalue weighted by atomic mass is 35.5. The van der Waals surface area contributed by atoms with Crippen LogP contribution in [-0.4, -0.2) is 25.0 Å². The summed E-state index contributed by atoms with van der Waals surface area (Å²) in [5, 5.41) is 0.568. The van der Waals surface area contributed by atoms with Gasteiger partial charge in [0.05, 0.1) is 0 Å². The molecule has 0 N–H and O–H groups in total. The number of esters is 2. The molecule has 1 fully saturated rings. The van der Waals surface area contributed by atoms with Gasteiger partial charge < -0.3 is 9.64 Å². The fraction of sp³-hybridized carbons (Fsp3) is 0.200. The first kappa shape index (κ1) is 9.98. The largest absolute Gasteiger partial charge is 0.390 e. The number of nitrogens with zero attached hydrogens (tertiary/aromatic N) is 1. The second-order valence-electron chi connectivity index (χ2n) is 3.18. The van der Waals surface area contributed by atoms with E-state index in [2.05, 4.69) is 4.74 Å². The number of hydrogen-bond acceptors (Lipinski definition) is 4. The van der Waals surface area contributed by atoms with Crippen LogP contribution in [0, 0.1) is 0 Å². The van der Waals surface area contributed by atoms with Crippen LogP contribution in [0.2, 0.25) is 5.02 Å². The highest BCUT2D eigenvalue weighted by Gasteiger charge is 2.24. The molecule has 1 aromatic rings. The van der Waals surface area contributed by atoms with Crippen molar-refractivity contribution >= 4 is 29.2 Å². The van der Waals surface area contributed by atoms with Gasteiger partial charge in [0.1, 0.15) is 13.1 Å². The van der Waals surface area contributed by atoms with Gasteiger partial charge in [-0.05, 0) is 18.2 Å². The van der Waals surface area contributed by atoms with Crippen molar-refractivity contribution in [3.05, 3.63) is 29.3 Å². The monoisotopic (exact) mass is 225 g/mol. The van der Waals surface area contributed by atoms with Gasteiger partial charge in [-0.15, -0.1) is 0 Å². The lowest BCUT2D eigenvalue weighted by Gasteiger charge is -2.26. The highest BCUT2D eigenvalue weighted by molar-refractivity contribution is 6.30. The van der Waals surface area contributed by atoms with Crippen molar-refractivity contribution in [1.29, 1.82) is 0 Å². The topological polar surface area (TPSA) is 46.6 Å². The first-order valence-electron chi connectivity index (χ1n) is 4.39. The molecule has 0 atom stereocenters. The minimum absolute atomic E-state index is 0.0755. The SMILES string of the molecule is O=C1CN(c2cccc(Cl)c2)CC(=O)O1. The van der Waals surface area contributed by atoms with Crippen LogP contribution in [0.5, 0.6) is 0 Å². The number of halogens is 1. The van der Waals surface area contributed by atoms with Gasteiger partial charge in [-0.3, -0.25) is 0 Å². The summed E-state index contributed by atoms with van der Waals surface area (Å²) in [6.07, 6.45) is 0. The standard InChI is InChI=1S/C10H8ClNO3/c11-7-2-1-3-8(4-7)12-5-9(13)15-10(14)6-12/h1-4H,5-6H2. The third kappa shape index (κ3) is 2.27. The van der Waals surface area contributed by atoms with E-state index in [0.717, 1.165) is 5.69 Å². The zero-order valence-corrected chi connectivity index (χ0v) is 8.53. The number of carbonyl (C=O) groups is 2. The van der Waals surface area contributed by atoms with Gasteiger partial charge in [0, 0.05) is 10.7 Å². The lowest BCUT2D eigenvalue weighted by molar-refractivity contribution is -0.160. The number of hydrogen-bond donors (Lipinski definition) is 0. The summed E-state index contributed by atoms with van der Waals surface area (Å²) in [6.45, 7) is 0.151. The average Bonchev–Trinajstić information content (AvgIpc) is 2.16. The van der Waals surface area contributed by atoms with E-state index in [9.17, 15) is 9.59 Å². The molecule has 0 radical (unpaired) electrons. The Kier molecular flexibility index (Phi) is 2.60. The van der Waals surface area contributed by atoms with Crippen LogP contribution in [0.25, 0.3) is 0 Å². The fourth-order valence-electron chi connectivity index (χ4n) is 1.41. The first-order valence-corrected chi connectivity index (χ1v) is 4.77. The summed E-state index contributed by atoms with van der Waals surface area (Å²) >= 11 is 5.81. The van der Waals surface area contributed by atoms with Gasteiger partial charge in [-0.1, -0.05) is 17.7 Å². The van der Waals surface area contributed by atoms with Gasteiger partial charge >= 0.3 is 11.9 Å². The Bertz CT molecular complexity index is 403.